The lowest BCUT2D eigenvalue weighted by Gasteiger charge is -2.58. The van der Waals surface area contributed by atoms with E-state index < -0.39 is 11.5 Å². The molecule has 0 aliphatic heterocycles. The molecule has 0 unspecified atom stereocenters. The molecule has 4 fully saturated rings. The van der Waals surface area contributed by atoms with Crippen molar-refractivity contribution in [3.8, 4) is 0 Å². The Labute approximate surface area is 94.4 Å². The zero-order chi connectivity index (χ0) is 11.3. The van der Waals surface area contributed by atoms with E-state index in [0.29, 0.717) is 18.2 Å². The normalized spacial score (nSPS) is 49.0. The summed E-state index contributed by atoms with van der Waals surface area (Å²) in [5.74, 6) is 0.915. The second-order valence-corrected chi connectivity index (χ2v) is 5.74. The Morgan fingerprint density at radius 2 is 1.62 bits per heavy atom. The van der Waals surface area contributed by atoms with Crippen LogP contribution in [0.15, 0.2) is 0 Å². The molecule has 0 saturated heterocycles. The van der Waals surface area contributed by atoms with Gasteiger partial charge in [-0.2, -0.15) is 0 Å². The van der Waals surface area contributed by atoms with E-state index in [-0.39, 0.29) is 11.8 Å². The molecule has 4 saturated carbocycles. The summed E-state index contributed by atoms with van der Waals surface area (Å²) in [6.07, 6.45) is 5.81. The third kappa shape index (κ3) is 1.10. The molecule has 88 valence electrons. The average Bonchev–Trinajstić information content (AvgIpc) is 2.22. The lowest BCUT2D eigenvalue weighted by molar-refractivity contribution is -0.165. The van der Waals surface area contributed by atoms with E-state index in [1.54, 1.807) is 0 Å². The number of aliphatic carboxylic acids is 1. The molecular formula is C12H17NO3. The van der Waals surface area contributed by atoms with Crippen LogP contribution in [0.25, 0.3) is 0 Å². The van der Waals surface area contributed by atoms with Gasteiger partial charge in [0.05, 0.1) is 0 Å². The minimum absolute atomic E-state index is 0.159. The quantitative estimate of drug-likeness (QED) is 0.702. The van der Waals surface area contributed by atoms with Gasteiger partial charge in [0.2, 0.25) is 6.41 Å². The fraction of sp³-hybridized carbons (Fsp3) is 0.833. The largest absolute Gasteiger partial charge is 0.479 e. The van der Waals surface area contributed by atoms with Crippen LogP contribution in [0.2, 0.25) is 0 Å². The molecule has 4 nitrogen and oxygen atoms in total. The van der Waals surface area contributed by atoms with Gasteiger partial charge in [-0.1, -0.05) is 0 Å². The Morgan fingerprint density at radius 1 is 1.12 bits per heavy atom. The van der Waals surface area contributed by atoms with Gasteiger partial charge in [0.1, 0.15) is 5.54 Å². The molecule has 0 atom stereocenters. The summed E-state index contributed by atoms with van der Waals surface area (Å²) in [5.41, 5.74) is -0.949. The topological polar surface area (TPSA) is 66.4 Å². The monoisotopic (exact) mass is 223 g/mol. The maximum absolute atomic E-state index is 11.6. The molecule has 0 aromatic heterocycles. The molecular weight excluding hydrogens is 206 g/mol. The highest BCUT2D eigenvalue weighted by Gasteiger charge is 2.61. The molecule has 0 radical (unpaired) electrons. The molecule has 0 aromatic rings. The number of amides is 1. The molecule has 0 spiro atoms. The van der Waals surface area contributed by atoms with Gasteiger partial charge in [0.15, 0.2) is 0 Å². The number of rotatable bonds is 3. The summed E-state index contributed by atoms with van der Waals surface area (Å²) in [6.45, 7) is 0. The van der Waals surface area contributed by atoms with Crippen LogP contribution in [0.5, 0.6) is 0 Å². The second kappa shape index (κ2) is 3.22. The van der Waals surface area contributed by atoms with Crippen LogP contribution in [-0.2, 0) is 9.59 Å². The van der Waals surface area contributed by atoms with Crippen LogP contribution in [-0.4, -0.2) is 23.0 Å². The zero-order valence-electron chi connectivity index (χ0n) is 9.19. The molecule has 4 aliphatic rings. The van der Waals surface area contributed by atoms with E-state index in [1.165, 1.54) is 6.42 Å². The molecule has 4 aliphatic carbocycles. The molecule has 4 rings (SSSR count). The fourth-order valence-corrected chi connectivity index (χ4v) is 4.67. The molecule has 0 aromatic carbocycles. The molecule has 1 amide bonds. The van der Waals surface area contributed by atoms with Crippen molar-refractivity contribution in [3.63, 3.8) is 0 Å². The van der Waals surface area contributed by atoms with E-state index >= 15 is 0 Å². The summed E-state index contributed by atoms with van der Waals surface area (Å²) in [6, 6.07) is 0. The third-order valence-electron chi connectivity index (χ3n) is 5.08. The van der Waals surface area contributed by atoms with Gasteiger partial charge in [-0.15, -0.1) is 0 Å². The van der Waals surface area contributed by atoms with Gasteiger partial charge in [0, 0.05) is 0 Å². The van der Waals surface area contributed by atoms with Crippen LogP contribution in [0.3, 0.4) is 0 Å². The van der Waals surface area contributed by atoms with Gasteiger partial charge >= 0.3 is 5.97 Å². The van der Waals surface area contributed by atoms with E-state index in [4.69, 9.17) is 0 Å². The van der Waals surface area contributed by atoms with Gasteiger partial charge in [-0.25, -0.2) is 4.79 Å². The molecule has 2 N–H and O–H groups in total. The minimum Gasteiger partial charge on any atom is -0.479 e. The highest BCUT2D eigenvalue weighted by Crippen LogP contribution is 2.58. The van der Waals surface area contributed by atoms with Crippen LogP contribution in [0.4, 0.5) is 0 Å². The van der Waals surface area contributed by atoms with E-state index in [0.717, 1.165) is 25.7 Å². The van der Waals surface area contributed by atoms with Crippen LogP contribution >= 0.6 is 0 Å². The predicted molar refractivity (Wildman–Crippen MR) is 56.6 cm³/mol. The first-order chi connectivity index (χ1) is 7.66. The number of hydrogen-bond donors (Lipinski definition) is 2. The van der Waals surface area contributed by atoms with Crippen molar-refractivity contribution in [2.24, 2.45) is 23.7 Å². The van der Waals surface area contributed by atoms with Crippen LogP contribution in [0, 0.1) is 23.7 Å². The minimum atomic E-state index is -0.949. The van der Waals surface area contributed by atoms with Crippen molar-refractivity contribution in [3.05, 3.63) is 0 Å². The maximum atomic E-state index is 11.6. The number of carbonyl (C=O) groups is 2. The molecule has 4 bridgehead atoms. The highest BCUT2D eigenvalue weighted by atomic mass is 16.4. The van der Waals surface area contributed by atoms with E-state index in [9.17, 15) is 14.7 Å². The van der Waals surface area contributed by atoms with Crippen molar-refractivity contribution in [2.75, 3.05) is 0 Å². The van der Waals surface area contributed by atoms with Crippen molar-refractivity contribution in [1.29, 1.82) is 0 Å². The first-order valence-corrected chi connectivity index (χ1v) is 6.11. The van der Waals surface area contributed by atoms with Gasteiger partial charge in [-0.05, 0) is 55.8 Å². The SMILES string of the molecule is O=CNC1(C(=O)O)C2CC3CC(C2)CC1C3. The highest BCUT2D eigenvalue weighted by molar-refractivity contribution is 5.83. The number of hydrogen-bond acceptors (Lipinski definition) is 2. The Morgan fingerprint density at radius 3 is 2.00 bits per heavy atom. The number of carboxylic acid groups (broad SMARTS) is 1. The molecule has 4 heteroatoms. The Kier molecular flexibility index (Phi) is 2.03. The van der Waals surface area contributed by atoms with Crippen LogP contribution in [0.1, 0.15) is 32.1 Å². The van der Waals surface area contributed by atoms with Gasteiger partial charge < -0.3 is 10.4 Å². The first-order valence-electron chi connectivity index (χ1n) is 6.11. The van der Waals surface area contributed by atoms with Crippen molar-refractivity contribution in [2.45, 2.75) is 37.6 Å². The Hall–Kier alpha value is -1.06. The smallest absolute Gasteiger partial charge is 0.329 e. The average molecular weight is 223 g/mol. The van der Waals surface area contributed by atoms with Crippen LogP contribution < -0.4 is 5.32 Å². The van der Waals surface area contributed by atoms with E-state index in [2.05, 4.69) is 5.32 Å². The van der Waals surface area contributed by atoms with Crippen molar-refractivity contribution < 1.29 is 14.7 Å². The van der Waals surface area contributed by atoms with Gasteiger partial charge in [0.25, 0.3) is 0 Å². The maximum Gasteiger partial charge on any atom is 0.329 e. The Bertz CT molecular complexity index is 311. The third-order valence-corrected chi connectivity index (χ3v) is 5.08. The standard InChI is InChI=1S/C12H17NO3/c14-6-13-12(11(15)16)9-2-7-1-8(4-9)5-10(12)3-7/h6-10H,1-5H2,(H,13,14)(H,15,16). The zero-order valence-corrected chi connectivity index (χ0v) is 9.19. The Balaban J connectivity index is 1.99. The number of carboxylic acids is 1. The summed E-state index contributed by atoms with van der Waals surface area (Å²) >= 11 is 0. The lowest BCUT2D eigenvalue weighted by Crippen LogP contribution is -2.68. The summed E-state index contributed by atoms with van der Waals surface area (Å²) < 4.78 is 0. The number of nitrogens with one attached hydrogen (secondary N) is 1. The molecule has 0 heterocycles. The fourth-order valence-electron chi connectivity index (χ4n) is 4.67. The first kappa shape index (κ1) is 10.1. The predicted octanol–water partition coefficient (Wildman–Crippen LogP) is 1.01. The van der Waals surface area contributed by atoms with Crippen molar-refractivity contribution in [1.82, 2.24) is 5.32 Å². The lowest BCUT2D eigenvalue weighted by atomic mass is 9.48. The van der Waals surface area contributed by atoms with Gasteiger partial charge in [-0.3, -0.25) is 4.79 Å². The summed E-state index contributed by atoms with van der Waals surface area (Å²) in [7, 11) is 0. The second-order valence-electron chi connectivity index (χ2n) is 5.74. The summed E-state index contributed by atoms with van der Waals surface area (Å²) in [4.78, 5) is 22.3. The summed E-state index contributed by atoms with van der Waals surface area (Å²) in [5, 5.41) is 12.2. The van der Waals surface area contributed by atoms with E-state index in [1.807, 2.05) is 0 Å². The van der Waals surface area contributed by atoms with Crippen molar-refractivity contribution >= 4 is 12.4 Å². The number of carbonyl (C=O) groups excluding carboxylic acids is 1. The molecule has 16 heavy (non-hydrogen) atoms.